The molecule has 2 saturated heterocycles. The van der Waals surface area contributed by atoms with Crippen molar-refractivity contribution in [3.05, 3.63) is 29.3 Å². The Labute approximate surface area is 175 Å². The van der Waals surface area contributed by atoms with Crippen LogP contribution in [0.15, 0.2) is 18.2 Å². The van der Waals surface area contributed by atoms with Crippen LogP contribution in [0.25, 0.3) is 0 Å². The maximum absolute atomic E-state index is 11.9. The van der Waals surface area contributed by atoms with E-state index in [1.54, 1.807) is 13.8 Å². The number of carbonyl (C=O) groups is 2. The zero-order chi connectivity index (χ0) is 22.1. The van der Waals surface area contributed by atoms with Gasteiger partial charge in [0.25, 0.3) is 0 Å². The van der Waals surface area contributed by atoms with E-state index >= 15 is 0 Å². The van der Waals surface area contributed by atoms with Gasteiger partial charge >= 0.3 is 5.97 Å². The normalized spacial score (nSPS) is 30.2. The molecule has 0 aliphatic carbocycles. The monoisotopic (exact) mass is 423 g/mol. The van der Waals surface area contributed by atoms with Crippen molar-refractivity contribution in [3.8, 4) is 5.75 Å². The van der Waals surface area contributed by atoms with E-state index in [0.717, 1.165) is 11.1 Å². The summed E-state index contributed by atoms with van der Waals surface area (Å²) in [5.41, 5.74) is 1.90. The van der Waals surface area contributed by atoms with E-state index in [1.807, 2.05) is 32.0 Å². The van der Waals surface area contributed by atoms with Crippen LogP contribution >= 0.6 is 0 Å². The third-order valence-corrected chi connectivity index (χ3v) is 5.02. The van der Waals surface area contributed by atoms with Crippen molar-refractivity contribution in [2.24, 2.45) is 0 Å². The third-order valence-electron chi connectivity index (χ3n) is 5.02. The van der Waals surface area contributed by atoms with Gasteiger partial charge in [0.05, 0.1) is 6.61 Å². The lowest BCUT2D eigenvalue weighted by Gasteiger charge is -2.50. The van der Waals surface area contributed by atoms with Crippen molar-refractivity contribution in [1.82, 2.24) is 5.32 Å². The Bertz CT molecular complexity index is 795. The number of benzene rings is 1. The molecule has 2 heterocycles. The van der Waals surface area contributed by atoms with Gasteiger partial charge in [0.2, 0.25) is 12.2 Å². The quantitative estimate of drug-likeness (QED) is 0.709. The first-order chi connectivity index (χ1) is 14.1. The Morgan fingerprint density at radius 1 is 1.30 bits per heavy atom. The minimum absolute atomic E-state index is 0.212. The molecule has 2 aliphatic heterocycles. The maximum atomic E-state index is 11.9. The summed E-state index contributed by atoms with van der Waals surface area (Å²) in [7, 11) is 0. The van der Waals surface area contributed by atoms with Gasteiger partial charge in [-0.2, -0.15) is 0 Å². The highest BCUT2D eigenvalue weighted by atomic mass is 16.8. The summed E-state index contributed by atoms with van der Waals surface area (Å²) in [6.07, 6.45) is -2.95. The lowest BCUT2D eigenvalue weighted by Crippen LogP contribution is -2.69. The van der Waals surface area contributed by atoms with E-state index in [-0.39, 0.29) is 12.5 Å². The largest absolute Gasteiger partial charge is 0.480 e. The lowest BCUT2D eigenvalue weighted by atomic mass is 9.95. The van der Waals surface area contributed by atoms with E-state index in [2.05, 4.69) is 5.32 Å². The van der Waals surface area contributed by atoms with Crippen LogP contribution in [0.5, 0.6) is 5.75 Å². The fraction of sp³-hybridized carbons (Fsp3) is 0.619. The zero-order valence-electron chi connectivity index (χ0n) is 17.8. The predicted molar refractivity (Wildman–Crippen MR) is 105 cm³/mol. The summed E-state index contributed by atoms with van der Waals surface area (Å²) < 4.78 is 29.7. The molecule has 0 saturated carbocycles. The molecule has 1 amide bonds. The van der Waals surface area contributed by atoms with Crippen LogP contribution in [0.4, 0.5) is 0 Å². The maximum Gasteiger partial charge on any atom is 0.329 e. The van der Waals surface area contributed by atoms with E-state index in [0.29, 0.717) is 5.75 Å². The number of aryl methyl sites for hydroxylation is 2. The number of fused-ring (bicyclic) bond motifs is 1. The highest BCUT2D eigenvalue weighted by Gasteiger charge is 2.53. The first-order valence-corrected chi connectivity index (χ1v) is 9.87. The highest BCUT2D eigenvalue weighted by Crippen LogP contribution is 2.35. The van der Waals surface area contributed by atoms with Gasteiger partial charge in [-0.15, -0.1) is 0 Å². The number of hydrogen-bond acceptors (Lipinski definition) is 7. The van der Waals surface area contributed by atoms with Gasteiger partial charge in [0.1, 0.15) is 36.7 Å². The molecule has 0 aromatic heterocycles. The van der Waals surface area contributed by atoms with Crippen LogP contribution in [0.2, 0.25) is 0 Å². The first kappa shape index (κ1) is 22.5. The first-order valence-electron chi connectivity index (χ1n) is 9.87. The van der Waals surface area contributed by atoms with Crippen molar-refractivity contribution in [2.45, 2.75) is 71.0 Å². The molecule has 2 fully saturated rings. The molecule has 5 atom stereocenters. The third kappa shape index (κ3) is 5.28. The van der Waals surface area contributed by atoms with Crippen LogP contribution in [0.3, 0.4) is 0 Å². The molecule has 2 aliphatic rings. The van der Waals surface area contributed by atoms with Gasteiger partial charge in [0.15, 0.2) is 5.79 Å². The summed E-state index contributed by atoms with van der Waals surface area (Å²) in [5, 5.41) is 11.9. The van der Waals surface area contributed by atoms with Crippen LogP contribution in [-0.2, 0) is 28.5 Å². The molecule has 0 spiro atoms. The van der Waals surface area contributed by atoms with Gasteiger partial charge in [-0.1, -0.05) is 12.1 Å². The van der Waals surface area contributed by atoms with Crippen molar-refractivity contribution >= 4 is 11.9 Å². The smallest absolute Gasteiger partial charge is 0.329 e. The molecule has 166 valence electrons. The summed E-state index contributed by atoms with van der Waals surface area (Å²) in [5.74, 6) is -1.76. The van der Waals surface area contributed by atoms with Gasteiger partial charge in [-0.05, 0) is 44.9 Å². The van der Waals surface area contributed by atoms with Gasteiger partial charge < -0.3 is 34.1 Å². The Hall–Kier alpha value is -2.20. The lowest BCUT2D eigenvalue weighted by molar-refractivity contribution is -0.364. The van der Waals surface area contributed by atoms with Crippen molar-refractivity contribution in [2.75, 3.05) is 13.2 Å². The number of carbonyl (C=O) groups excluding carboxylic acids is 1. The van der Waals surface area contributed by atoms with Crippen LogP contribution in [0, 0.1) is 13.8 Å². The van der Waals surface area contributed by atoms with Crippen molar-refractivity contribution in [1.29, 1.82) is 0 Å². The molecule has 2 N–H and O–H groups in total. The fourth-order valence-corrected chi connectivity index (χ4v) is 3.64. The van der Waals surface area contributed by atoms with Gasteiger partial charge in [-0.25, -0.2) is 4.79 Å². The van der Waals surface area contributed by atoms with Crippen molar-refractivity contribution < 1.29 is 38.4 Å². The summed E-state index contributed by atoms with van der Waals surface area (Å²) >= 11 is 0. The average Bonchev–Trinajstić information content (AvgIpc) is 2.63. The van der Waals surface area contributed by atoms with Gasteiger partial charge in [-0.3, -0.25) is 4.79 Å². The van der Waals surface area contributed by atoms with Crippen LogP contribution in [-0.4, -0.2) is 66.6 Å². The Morgan fingerprint density at radius 3 is 2.70 bits per heavy atom. The number of nitrogens with one attached hydrogen (secondary N) is 1. The van der Waals surface area contributed by atoms with E-state index in [4.69, 9.17) is 28.8 Å². The average molecular weight is 423 g/mol. The Kier molecular flexibility index (Phi) is 6.66. The summed E-state index contributed by atoms with van der Waals surface area (Å²) in [6, 6.07) is 4.98. The minimum atomic E-state index is -1.13. The molecule has 3 rings (SSSR count). The molecule has 5 unspecified atom stereocenters. The molecular formula is C21H29NO8. The number of aliphatic carboxylic acids is 1. The number of ether oxygens (including phenoxy) is 5. The SMILES string of the molecule is CC(=O)NC1C(Oc2cc(C)ccc2C)OC2COC(C)(C)OC2C1OCC(=O)O. The Balaban J connectivity index is 1.93. The second kappa shape index (κ2) is 8.89. The van der Waals surface area contributed by atoms with E-state index < -0.39 is 49.0 Å². The summed E-state index contributed by atoms with van der Waals surface area (Å²) in [4.78, 5) is 23.1. The van der Waals surface area contributed by atoms with Crippen LogP contribution < -0.4 is 10.1 Å². The number of carboxylic acid groups (broad SMARTS) is 1. The second-order valence-electron chi connectivity index (χ2n) is 8.12. The number of carboxylic acids is 1. The molecule has 0 radical (unpaired) electrons. The molecule has 9 heteroatoms. The zero-order valence-corrected chi connectivity index (χ0v) is 17.8. The molecule has 30 heavy (non-hydrogen) atoms. The topological polar surface area (TPSA) is 113 Å². The molecule has 9 nitrogen and oxygen atoms in total. The molecule has 0 bridgehead atoms. The van der Waals surface area contributed by atoms with Crippen molar-refractivity contribution in [3.63, 3.8) is 0 Å². The van der Waals surface area contributed by atoms with E-state index in [9.17, 15) is 9.59 Å². The fourth-order valence-electron chi connectivity index (χ4n) is 3.64. The molecular weight excluding hydrogens is 394 g/mol. The number of rotatable bonds is 6. The van der Waals surface area contributed by atoms with Crippen LogP contribution in [0.1, 0.15) is 31.9 Å². The number of hydrogen-bond donors (Lipinski definition) is 2. The molecule has 1 aromatic carbocycles. The second-order valence-corrected chi connectivity index (χ2v) is 8.12. The predicted octanol–water partition coefficient (Wildman–Crippen LogP) is 1.53. The van der Waals surface area contributed by atoms with Gasteiger partial charge in [0, 0.05) is 6.92 Å². The highest BCUT2D eigenvalue weighted by molar-refractivity contribution is 5.73. The standard InChI is InChI=1S/C21H29NO8/c1-11-6-7-12(2)14(8-11)28-20-17(22-13(3)23)19(26-10-16(24)25)18-15(29-20)9-27-21(4,5)30-18/h6-8,15,17-20H,9-10H2,1-5H3,(H,22,23)(H,24,25). The minimum Gasteiger partial charge on any atom is -0.480 e. The Morgan fingerprint density at radius 2 is 2.03 bits per heavy atom. The summed E-state index contributed by atoms with van der Waals surface area (Å²) in [6.45, 7) is 8.38. The molecule has 1 aromatic rings. The van der Waals surface area contributed by atoms with E-state index in [1.165, 1.54) is 6.92 Å². The number of amides is 1.